The Morgan fingerprint density at radius 3 is 2.57 bits per heavy atom. The average Bonchev–Trinajstić information content (AvgIpc) is 3.14. The highest BCUT2D eigenvalue weighted by Crippen LogP contribution is 2.31. The normalized spacial score (nSPS) is 11.2. The van der Waals surface area contributed by atoms with Crippen LogP contribution in [-0.2, 0) is 0 Å². The summed E-state index contributed by atoms with van der Waals surface area (Å²) < 4.78 is 6.73. The lowest BCUT2D eigenvalue weighted by atomic mass is 10.2. The molecule has 0 atom stereocenters. The number of anilines is 1. The molecule has 0 aliphatic carbocycles. The first kappa shape index (κ1) is 22.5. The smallest absolute Gasteiger partial charge is 0.260 e. The number of carbonyl (C=O) groups excluding carboxylic acids is 1. The second-order valence-electron chi connectivity index (χ2n) is 7.45. The van der Waals surface area contributed by atoms with Gasteiger partial charge in [-0.05, 0) is 63.0 Å². The van der Waals surface area contributed by atoms with Crippen LogP contribution in [0, 0.1) is 0 Å². The molecule has 3 rings (SSSR count). The van der Waals surface area contributed by atoms with Crippen molar-refractivity contribution in [1.29, 1.82) is 0 Å². The van der Waals surface area contributed by atoms with E-state index < -0.39 is 0 Å². The number of fused-ring (bicyclic) bond motifs is 1. The highest BCUT2D eigenvalue weighted by Gasteiger charge is 2.21. The Morgan fingerprint density at radius 1 is 1.10 bits per heavy atom. The Hall–Kier alpha value is -2.15. The molecule has 0 radical (unpaired) electrons. The van der Waals surface area contributed by atoms with E-state index in [4.69, 9.17) is 16.3 Å². The molecule has 7 heteroatoms. The van der Waals surface area contributed by atoms with E-state index in [9.17, 15) is 4.79 Å². The van der Waals surface area contributed by atoms with Crippen LogP contribution in [0.5, 0.6) is 5.75 Å². The van der Waals surface area contributed by atoms with Crippen LogP contribution in [0.2, 0.25) is 5.02 Å². The number of thiazole rings is 1. The van der Waals surface area contributed by atoms with Gasteiger partial charge in [0.15, 0.2) is 5.13 Å². The van der Waals surface area contributed by atoms with Crippen molar-refractivity contribution in [2.45, 2.75) is 26.2 Å². The fourth-order valence-corrected chi connectivity index (χ4v) is 4.24. The fraction of sp³-hybridized carbons (Fsp3) is 0.391. The van der Waals surface area contributed by atoms with E-state index in [0.29, 0.717) is 28.9 Å². The van der Waals surface area contributed by atoms with Gasteiger partial charge in [-0.25, -0.2) is 4.98 Å². The molecule has 0 bridgehead atoms. The maximum atomic E-state index is 13.3. The third-order valence-electron chi connectivity index (χ3n) is 4.70. The van der Waals surface area contributed by atoms with Crippen molar-refractivity contribution in [2.24, 2.45) is 0 Å². The van der Waals surface area contributed by atoms with Crippen LogP contribution in [-0.4, -0.2) is 49.6 Å². The molecular formula is C23H28ClN3O2S. The number of halogens is 1. The van der Waals surface area contributed by atoms with Gasteiger partial charge in [0.2, 0.25) is 0 Å². The first-order chi connectivity index (χ1) is 14.5. The standard InChI is InChI=1S/C23H28ClN3O2S/c1-4-5-6-15-29-19-10-7-17(8-11-19)22(28)27(14-13-26(2)3)23-25-20-12-9-18(24)16-21(20)30-23/h7-12,16H,4-6,13-15H2,1-3H3. The van der Waals surface area contributed by atoms with E-state index in [1.165, 1.54) is 11.3 Å². The summed E-state index contributed by atoms with van der Waals surface area (Å²) in [6.45, 7) is 4.16. The number of unbranched alkanes of at least 4 members (excludes halogenated alkanes) is 2. The van der Waals surface area contributed by atoms with Crippen molar-refractivity contribution in [3.8, 4) is 5.75 Å². The zero-order valence-corrected chi connectivity index (χ0v) is 19.3. The minimum Gasteiger partial charge on any atom is -0.494 e. The predicted octanol–water partition coefficient (Wildman–Crippen LogP) is 5.73. The number of hydrogen-bond acceptors (Lipinski definition) is 5. The number of aromatic nitrogens is 1. The van der Waals surface area contributed by atoms with Crippen LogP contribution in [0.15, 0.2) is 42.5 Å². The van der Waals surface area contributed by atoms with Gasteiger partial charge in [-0.3, -0.25) is 9.69 Å². The Labute approximate surface area is 187 Å². The number of nitrogens with zero attached hydrogens (tertiary/aromatic N) is 3. The topological polar surface area (TPSA) is 45.7 Å². The largest absolute Gasteiger partial charge is 0.494 e. The van der Waals surface area contributed by atoms with Gasteiger partial charge in [0.05, 0.1) is 16.8 Å². The molecular weight excluding hydrogens is 418 g/mol. The number of benzene rings is 2. The number of carbonyl (C=O) groups is 1. The van der Waals surface area contributed by atoms with E-state index in [1.54, 1.807) is 4.90 Å². The molecule has 0 saturated carbocycles. The Balaban J connectivity index is 1.79. The number of likely N-dealkylation sites (N-methyl/N-ethyl adjacent to an activating group) is 1. The number of ether oxygens (including phenoxy) is 1. The van der Waals surface area contributed by atoms with Crippen LogP contribution in [0.3, 0.4) is 0 Å². The molecule has 160 valence electrons. The molecule has 30 heavy (non-hydrogen) atoms. The van der Waals surface area contributed by atoms with Gasteiger partial charge >= 0.3 is 0 Å². The Kier molecular flexibility index (Phi) is 8.08. The molecule has 0 fully saturated rings. The first-order valence-corrected chi connectivity index (χ1v) is 11.4. The van der Waals surface area contributed by atoms with Crippen LogP contribution >= 0.6 is 22.9 Å². The molecule has 2 aromatic carbocycles. The van der Waals surface area contributed by atoms with Crippen molar-refractivity contribution < 1.29 is 9.53 Å². The fourth-order valence-electron chi connectivity index (χ4n) is 2.98. The van der Waals surface area contributed by atoms with Gasteiger partial charge in [0.25, 0.3) is 5.91 Å². The second-order valence-corrected chi connectivity index (χ2v) is 8.89. The molecule has 0 unspecified atom stereocenters. The van der Waals surface area contributed by atoms with Crippen molar-refractivity contribution in [3.63, 3.8) is 0 Å². The van der Waals surface area contributed by atoms with Crippen LogP contribution in [0.4, 0.5) is 5.13 Å². The van der Waals surface area contributed by atoms with Crippen molar-refractivity contribution in [1.82, 2.24) is 9.88 Å². The summed E-state index contributed by atoms with van der Waals surface area (Å²) >= 11 is 7.60. The molecule has 5 nitrogen and oxygen atoms in total. The van der Waals surface area contributed by atoms with E-state index in [2.05, 4.69) is 16.8 Å². The Bertz CT molecular complexity index is 972. The maximum Gasteiger partial charge on any atom is 0.260 e. The lowest BCUT2D eigenvalue weighted by Crippen LogP contribution is -2.36. The summed E-state index contributed by atoms with van der Waals surface area (Å²) in [4.78, 5) is 21.8. The van der Waals surface area contributed by atoms with E-state index in [1.807, 2.05) is 56.6 Å². The third kappa shape index (κ3) is 5.94. The summed E-state index contributed by atoms with van der Waals surface area (Å²) in [5.41, 5.74) is 1.46. The molecule has 0 saturated heterocycles. The highest BCUT2D eigenvalue weighted by molar-refractivity contribution is 7.22. The van der Waals surface area contributed by atoms with Crippen molar-refractivity contribution in [3.05, 3.63) is 53.1 Å². The average molecular weight is 446 g/mol. The summed E-state index contributed by atoms with van der Waals surface area (Å²) in [7, 11) is 3.98. The predicted molar refractivity (Wildman–Crippen MR) is 126 cm³/mol. The minimum absolute atomic E-state index is 0.0699. The van der Waals surface area contributed by atoms with Gasteiger partial charge in [-0.15, -0.1) is 0 Å². The number of rotatable bonds is 10. The molecule has 0 aliphatic rings. The third-order valence-corrected chi connectivity index (χ3v) is 5.98. The lowest BCUT2D eigenvalue weighted by Gasteiger charge is -2.22. The van der Waals surface area contributed by atoms with Crippen LogP contribution < -0.4 is 9.64 Å². The first-order valence-electron chi connectivity index (χ1n) is 10.2. The maximum absolute atomic E-state index is 13.3. The molecule has 1 heterocycles. The van der Waals surface area contributed by atoms with Gasteiger partial charge in [0.1, 0.15) is 5.75 Å². The minimum atomic E-state index is -0.0699. The SMILES string of the molecule is CCCCCOc1ccc(C(=O)N(CCN(C)C)c2nc3ccc(Cl)cc3s2)cc1. The van der Waals surface area contributed by atoms with Crippen molar-refractivity contribution >= 4 is 44.2 Å². The molecule has 0 spiro atoms. The number of hydrogen-bond donors (Lipinski definition) is 0. The molecule has 1 amide bonds. The van der Waals surface area contributed by atoms with Gasteiger partial charge < -0.3 is 9.64 Å². The summed E-state index contributed by atoms with van der Waals surface area (Å²) in [6.07, 6.45) is 3.36. The lowest BCUT2D eigenvalue weighted by molar-refractivity contribution is 0.0985. The summed E-state index contributed by atoms with van der Waals surface area (Å²) in [6, 6.07) is 13.0. The summed E-state index contributed by atoms with van der Waals surface area (Å²) in [5, 5.41) is 1.34. The molecule has 0 N–H and O–H groups in total. The van der Waals surface area contributed by atoms with Crippen LogP contribution in [0.25, 0.3) is 10.2 Å². The number of amides is 1. The summed E-state index contributed by atoms with van der Waals surface area (Å²) in [5.74, 6) is 0.719. The quantitative estimate of drug-likeness (QED) is 0.374. The van der Waals surface area contributed by atoms with Crippen molar-refractivity contribution in [2.75, 3.05) is 38.7 Å². The molecule has 1 aromatic heterocycles. The molecule has 3 aromatic rings. The molecule has 0 aliphatic heterocycles. The monoisotopic (exact) mass is 445 g/mol. The van der Waals surface area contributed by atoms with Gasteiger partial charge in [0, 0.05) is 23.7 Å². The zero-order chi connectivity index (χ0) is 21.5. The van der Waals surface area contributed by atoms with E-state index >= 15 is 0 Å². The van der Waals surface area contributed by atoms with Gasteiger partial charge in [-0.1, -0.05) is 42.7 Å². The second kappa shape index (κ2) is 10.8. The van der Waals surface area contributed by atoms with E-state index in [-0.39, 0.29) is 5.91 Å². The zero-order valence-electron chi connectivity index (χ0n) is 17.7. The highest BCUT2D eigenvalue weighted by atomic mass is 35.5. The Morgan fingerprint density at radius 2 is 1.87 bits per heavy atom. The van der Waals surface area contributed by atoms with E-state index in [0.717, 1.165) is 41.8 Å². The van der Waals surface area contributed by atoms with Gasteiger partial charge in [-0.2, -0.15) is 0 Å². The van der Waals surface area contributed by atoms with Crippen LogP contribution in [0.1, 0.15) is 36.5 Å².